The molecule has 1 aromatic rings. The summed E-state index contributed by atoms with van der Waals surface area (Å²) >= 11 is 0. The highest BCUT2D eigenvalue weighted by Gasteiger charge is 2.24. The summed E-state index contributed by atoms with van der Waals surface area (Å²) in [5, 5.41) is 7.08. The van der Waals surface area contributed by atoms with Gasteiger partial charge in [0.25, 0.3) is 5.91 Å². The van der Waals surface area contributed by atoms with Crippen LogP contribution in [-0.2, 0) is 7.05 Å². The second kappa shape index (κ2) is 6.08. The maximum absolute atomic E-state index is 12.2. The third kappa shape index (κ3) is 3.28. The average Bonchev–Trinajstić information content (AvgIpc) is 2.72. The third-order valence-corrected chi connectivity index (χ3v) is 4.06. The first-order valence-electron chi connectivity index (χ1n) is 7.20. The van der Waals surface area contributed by atoms with E-state index in [0.29, 0.717) is 11.4 Å². The molecule has 1 amide bonds. The number of carbonyl (C=O) groups is 1. The Morgan fingerprint density at radius 3 is 2.68 bits per heavy atom. The van der Waals surface area contributed by atoms with Crippen molar-refractivity contribution in [2.24, 2.45) is 13.0 Å². The zero-order chi connectivity index (χ0) is 13.8. The van der Waals surface area contributed by atoms with Crippen LogP contribution in [0.25, 0.3) is 0 Å². The number of carbonyl (C=O) groups excluding carboxylic acids is 1. The first-order valence-corrected chi connectivity index (χ1v) is 7.20. The lowest BCUT2D eigenvalue weighted by Crippen LogP contribution is -2.38. The molecule has 19 heavy (non-hydrogen) atoms. The van der Waals surface area contributed by atoms with Crippen molar-refractivity contribution in [3.05, 3.63) is 11.9 Å². The van der Waals surface area contributed by atoms with E-state index in [1.165, 1.54) is 36.6 Å². The van der Waals surface area contributed by atoms with E-state index in [9.17, 15) is 4.79 Å². The number of hydrogen-bond donors (Lipinski definition) is 2. The number of amides is 1. The lowest BCUT2D eigenvalue weighted by Gasteiger charge is -2.28. The normalized spacial score (nSPS) is 23.3. The predicted molar refractivity (Wildman–Crippen MR) is 75.7 cm³/mol. The molecule has 0 atom stereocenters. The Kier molecular flexibility index (Phi) is 4.45. The quantitative estimate of drug-likeness (QED) is 0.874. The number of aryl methyl sites for hydroxylation is 1. The van der Waals surface area contributed by atoms with Gasteiger partial charge in [0.1, 0.15) is 5.69 Å². The number of rotatable bonds is 4. The molecule has 0 aromatic carbocycles. The number of nitrogens with one attached hydrogen (secondary N) is 1. The highest BCUT2D eigenvalue weighted by Crippen LogP contribution is 2.28. The van der Waals surface area contributed by atoms with Crippen LogP contribution in [0.2, 0.25) is 0 Å². The molecular weight excluding hydrogens is 240 g/mol. The molecule has 106 valence electrons. The van der Waals surface area contributed by atoms with Crippen molar-refractivity contribution >= 4 is 11.6 Å². The predicted octanol–water partition coefficient (Wildman–Crippen LogP) is 2.09. The summed E-state index contributed by atoms with van der Waals surface area (Å²) in [7, 11) is 1.74. The molecule has 1 aromatic heterocycles. The van der Waals surface area contributed by atoms with Gasteiger partial charge in [0, 0.05) is 13.1 Å². The summed E-state index contributed by atoms with van der Waals surface area (Å²) in [5.41, 5.74) is 6.68. The van der Waals surface area contributed by atoms with Gasteiger partial charge in [0.15, 0.2) is 0 Å². The van der Waals surface area contributed by atoms with E-state index in [2.05, 4.69) is 17.3 Å². The molecule has 0 radical (unpaired) electrons. The highest BCUT2D eigenvalue weighted by molar-refractivity contribution is 5.97. The number of anilines is 1. The van der Waals surface area contributed by atoms with E-state index < -0.39 is 0 Å². The molecule has 0 saturated heterocycles. The number of nitrogens with zero attached hydrogens (tertiary/aromatic N) is 2. The second-order valence-electron chi connectivity index (χ2n) is 5.55. The Hall–Kier alpha value is -1.52. The second-order valence-corrected chi connectivity index (χ2v) is 5.55. The number of aromatic nitrogens is 2. The van der Waals surface area contributed by atoms with E-state index in [4.69, 9.17) is 5.73 Å². The molecule has 5 heteroatoms. The van der Waals surface area contributed by atoms with Crippen LogP contribution in [0.1, 0.15) is 55.9 Å². The first-order chi connectivity index (χ1) is 9.11. The van der Waals surface area contributed by atoms with E-state index in [0.717, 1.165) is 18.8 Å². The van der Waals surface area contributed by atoms with Gasteiger partial charge < -0.3 is 11.1 Å². The third-order valence-electron chi connectivity index (χ3n) is 4.06. The van der Waals surface area contributed by atoms with Crippen LogP contribution < -0.4 is 11.1 Å². The fourth-order valence-corrected chi connectivity index (χ4v) is 2.99. The van der Waals surface area contributed by atoms with E-state index in [1.54, 1.807) is 7.05 Å². The van der Waals surface area contributed by atoms with Crippen LogP contribution in [0, 0.1) is 5.92 Å². The minimum atomic E-state index is -0.101. The molecule has 1 saturated carbocycles. The van der Waals surface area contributed by atoms with Gasteiger partial charge in [-0.1, -0.05) is 19.8 Å². The molecule has 1 heterocycles. The monoisotopic (exact) mass is 264 g/mol. The molecule has 0 unspecified atom stereocenters. The average molecular weight is 264 g/mol. The van der Waals surface area contributed by atoms with Crippen molar-refractivity contribution < 1.29 is 4.79 Å². The van der Waals surface area contributed by atoms with Crippen molar-refractivity contribution in [1.82, 2.24) is 15.1 Å². The van der Waals surface area contributed by atoms with Crippen LogP contribution in [0.3, 0.4) is 0 Å². The van der Waals surface area contributed by atoms with Gasteiger partial charge in [-0.25, -0.2) is 0 Å². The summed E-state index contributed by atoms with van der Waals surface area (Å²) in [4.78, 5) is 12.2. The van der Waals surface area contributed by atoms with Crippen molar-refractivity contribution in [2.45, 2.75) is 51.5 Å². The SMILES string of the molecule is CCCC1CCC(NC(=O)c2c(N)cnn2C)CC1. The molecule has 0 bridgehead atoms. The molecule has 1 aliphatic rings. The Balaban J connectivity index is 1.88. The Morgan fingerprint density at radius 2 is 2.16 bits per heavy atom. The lowest BCUT2D eigenvalue weighted by atomic mass is 9.83. The summed E-state index contributed by atoms with van der Waals surface area (Å²) in [5.74, 6) is 0.747. The van der Waals surface area contributed by atoms with Crippen LogP contribution in [0.15, 0.2) is 6.20 Å². The smallest absolute Gasteiger partial charge is 0.271 e. The van der Waals surface area contributed by atoms with Crippen LogP contribution in [-0.4, -0.2) is 21.7 Å². The van der Waals surface area contributed by atoms with Crippen molar-refractivity contribution in [3.63, 3.8) is 0 Å². The molecule has 1 aliphatic carbocycles. The molecule has 0 spiro atoms. The number of nitrogens with two attached hydrogens (primary N) is 1. The standard InChI is InChI=1S/C14H24N4O/c1-3-4-10-5-7-11(8-6-10)17-14(19)13-12(15)9-16-18(13)2/h9-11H,3-8,15H2,1-2H3,(H,17,19). The van der Waals surface area contributed by atoms with Gasteiger partial charge in [-0.3, -0.25) is 9.48 Å². The van der Waals surface area contributed by atoms with Crippen LogP contribution >= 0.6 is 0 Å². The number of hydrogen-bond acceptors (Lipinski definition) is 3. The van der Waals surface area contributed by atoms with Crippen LogP contribution in [0.4, 0.5) is 5.69 Å². The molecule has 1 fully saturated rings. The lowest BCUT2D eigenvalue weighted by molar-refractivity contribution is 0.0912. The first kappa shape index (κ1) is 13.9. The molecule has 2 rings (SSSR count). The van der Waals surface area contributed by atoms with Crippen molar-refractivity contribution in [1.29, 1.82) is 0 Å². The minimum Gasteiger partial charge on any atom is -0.396 e. The van der Waals surface area contributed by atoms with Gasteiger partial charge in [-0.15, -0.1) is 0 Å². The topological polar surface area (TPSA) is 72.9 Å². The van der Waals surface area contributed by atoms with Crippen molar-refractivity contribution in [2.75, 3.05) is 5.73 Å². The zero-order valence-corrected chi connectivity index (χ0v) is 11.9. The molecule has 3 N–H and O–H groups in total. The minimum absolute atomic E-state index is 0.101. The van der Waals surface area contributed by atoms with Gasteiger partial charge in [-0.2, -0.15) is 5.10 Å². The Labute approximate surface area is 114 Å². The largest absolute Gasteiger partial charge is 0.396 e. The van der Waals surface area contributed by atoms with Crippen LogP contribution in [0.5, 0.6) is 0 Å². The van der Waals surface area contributed by atoms with E-state index in [1.807, 2.05) is 0 Å². The Bertz CT molecular complexity index is 413. The van der Waals surface area contributed by atoms with Gasteiger partial charge in [0.05, 0.1) is 11.9 Å². The fourth-order valence-electron chi connectivity index (χ4n) is 2.99. The molecule has 5 nitrogen and oxygen atoms in total. The zero-order valence-electron chi connectivity index (χ0n) is 11.9. The van der Waals surface area contributed by atoms with Gasteiger partial charge in [-0.05, 0) is 31.6 Å². The summed E-state index contributed by atoms with van der Waals surface area (Å²) in [6, 6.07) is 0.287. The van der Waals surface area contributed by atoms with E-state index in [-0.39, 0.29) is 11.9 Å². The summed E-state index contributed by atoms with van der Waals surface area (Å²) < 4.78 is 1.54. The molecular formula is C14H24N4O. The van der Waals surface area contributed by atoms with Crippen molar-refractivity contribution in [3.8, 4) is 0 Å². The maximum atomic E-state index is 12.2. The van der Waals surface area contributed by atoms with Gasteiger partial charge >= 0.3 is 0 Å². The van der Waals surface area contributed by atoms with E-state index >= 15 is 0 Å². The highest BCUT2D eigenvalue weighted by atomic mass is 16.2. The number of nitrogen functional groups attached to an aromatic ring is 1. The summed E-state index contributed by atoms with van der Waals surface area (Å²) in [6.07, 6.45) is 8.69. The molecule has 0 aliphatic heterocycles. The summed E-state index contributed by atoms with van der Waals surface area (Å²) in [6.45, 7) is 2.24. The van der Waals surface area contributed by atoms with Gasteiger partial charge in [0.2, 0.25) is 0 Å². The fraction of sp³-hybridized carbons (Fsp3) is 0.714. The maximum Gasteiger partial charge on any atom is 0.271 e. The Morgan fingerprint density at radius 1 is 1.47 bits per heavy atom.